The Labute approximate surface area is 154 Å². The lowest BCUT2D eigenvalue weighted by Gasteiger charge is -2.10. The predicted octanol–water partition coefficient (Wildman–Crippen LogP) is 2.68. The van der Waals surface area contributed by atoms with Crippen LogP contribution < -0.4 is 10.0 Å². The Bertz CT molecular complexity index is 954. The highest BCUT2D eigenvalue weighted by Crippen LogP contribution is 2.25. The Morgan fingerprint density at radius 3 is 2.64 bits per heavy atom. The molecule has 3 heterocycles. The monoisotopic (exact) mass is 397 g/mol. The van der Waals surface area contributed by atoms with E-state index < -0.39 is 10.0 Å². The summed E-state index contributed by atoms with van der Waals surface area (Å²) < 4.78 is 29.3. The summed E-state index contributed by atoms with van der Waals surface area (Å²) in [6, 6.07) is 8.68. The number of aryl methyl sites for hydroxylation is 1. The number of nitrogens with one attached hydrogen (secondary N) is 2. The lowest BCUT2D eigenvalue weighted by atomic mass is 10.4. The minimum atomic E-state index is -3.54. The number of anilines is 1. The second-order valence-electron chi connectivity index (χ2n) is 5.13. The summed E-state index contributed by atoms with van der Waals surface area (Å²) in [6.45, 7) is 2.42. The van der Waals surface area contributed by atoms with Crippen molar-refractivity contribution in [2.45, 2.75) is 11.1 Å². The molecular formula is C15H16ClN5O2S2. The molecule has 0 fully saturated rings. The van der Waals surface area contributed by atoms with Crippen molar-refractivity contribution in [3.8, 4) is 5.82 Å². The van der Waals surface area contributed by atoms with Gasteiger partial charge in [0.15, 0.2) is 0 Å². The first-order chi connectivity index (χ1) is 11.9. The number of hydrogen-bond donors (Lipinski definition) is 2. The van der Waals surface area contributed by atoms with E-state index in [2.05, 4.69) is 20.0 Å². The van der Waals surface area contributed by atoms with E-state index in [0.29, 0.717) is 22.5 Å². The first-order valence-corrected chi connectivity index (χ1v) is 10.1. The van der Waals surface area contributed by atoms with Crippen molar-refractivity contribution in [2.75, 3.05) is 18.4 Å². The van der Waals surface area contributed by atoms with Gasteiger partial charge in [-0.15, -0.1) is 11.3 Å². The van der Waals surface area contributed by atoms with E-state index in [4.69, 9.17) is 11.6 Å². The number of halogens is 1. The van der Waals surface area contributed by atoms with Crippen molar-refractivity contribution < 1.29 is 8.42 Å². The Morgan fingerprint density at radius 1 is 1.20 bits per heavy atom. The van der Waals surface area contributed by atoms with Crippen molar-refractivity contribution >= 4 is 38.8 Å². The quantitative estimate of drug-likeness (QED) is 0.598. The third-order valence-corrected chi connectivity index (χ3v) is 6.41. The lowest BCUT2D eigenvalue weighted by molar-refractivity contribution is 0.585. The number of thiophene rings is 1. The fraction of sp³-hybridized carbons (Fsp3) is 0.200. The standard InChI is InChI=1S/C15H16ClN5O2S2/c1-11-19-13(10-14(20-11)21-8-2-3-9-21)17-6-7-18-25(22,23)15-5-4-12(16)24-15/h2-5,8-10,18H,6-7H2,1H3,(H,17,19,20). The molecule has 3 rings (SSSR count). The third-order valence-electron chi connectivity index (χ3n) is 3.23. The molecule has 0 unspecified atom stereocenters. The van der Waals surface area contributed by atoms with Gasteiger partial charge < -0.3 is 9.88 Å². The summed E-state index contributed by atoms with van der Waals surface area (Å²) in [5.74, 6) is 2.01. The summed E-state index contributed by atoms with van der Waals surface area (Å²) in [4.78, 5) is 8.69. The fourth-order valence-corrected chi connectivity index (χ4v) is 4.71. The summed E-state index contributed by atoms with van der Waals surface area (Å²) in [6.07, 6.45) is 3.79. The topological polar surface area (TPSA) is 88.9 Å². The van der Waals surface area contributed by atoms with Crippen LogP contribution in [0, 0.1) is 6.92 Å². The van der Waals surface area contributed by atoms with Gasteiger partial charge in [0, 0.05) is 31.5 Å². The molecule has 2 N–H and O–H groups in total. The second kappa shape index (κ2) is 7.52. The molecular weight excluding hydrogens is 382 g/mol. The molecule has 0 radical (unpaired) electrons. The van der Waals surface area contributed by atoms with Crippen LogP contribution in [-0.2, 0) is 10.0 Å². The molecule has 0 atom stereocenters. The third kappa shape index (κ3) is 4.57. The zero-order valence-corrected chi connectivity index (χ0v) is 15.7. The molecule has 132 valence electrons. The van der Waals surface area contributed by atoms with E-state index in [0.717, 1.165) is 17.2 Å². The highest BCUT2D eigenvalue weighted by Gasteiger charge is 2.15. The van der Waals surface area contributed by atoms with Crippen LogP contribution >= 0.6 is 22.9 Å². The summed E-state index contributed by atoms with van der Waals surface area (Å²) in [7, 11) is -3.54. The van der Waals surface area contributed by atoms with Gasteiger partial charge in [-0.05, 0) is 31.2 Å². The Balaban J connectivity index is 1.59. The van der Waals surface area contributed by atoms with Crippen LogP contribution in [-0.4, -0.2) is 36.0 Å². The van der Waals surface area contributed by atoms with Crippen molar-refractivity contribution in [3.63, 3.8) is 0 Å². The van der Waals surface area contributed by atoms with E-state index in [1.165, 1.54) is 6.07 Å². The zero-order chi connectivity index (χ0) is 17.9. The molecule has 0 spiro atoms. The second-order valence-corrected chi connectivity index (χ2v) is 8.84. The molecule has 0 saturated carbocycles. The minimum Gasteiger partial charge on any atom is -0.369 e. The van der Waals surface area contributed by atoms with Gasteiger partial charge >= 0.3 is 0 Å². The minimum absolute atomic E-state index is 0.199. The number of rotatable bonds is 7. The van der Waals surface area contributed by atoms with Crippen LogP contribution in [0.15, 0.2) is 46.9 Å². The fourth-order valence-electron chi connectivity index (χ4n) is 2.15. The number of hydrogen-bond acceptors (Lipinski definition) is 6. The molecule has 0 amide bonds. The van der Waals surface area contributed by atoms with E-state index in [9.17, 15) is 8.42 Å². The van der Waals surface area contributed by atoms with E-state index >= 15 is 0 Å². The van der Waals surface area contributed by atoms with Crippen LogP contribution in [0.25, 0.3) is 5.82 Å². The molecule has 0 aromatic carbocycles. The van der Waals surface area contributed by atoms with E-state index in [-0.39, 0.29) is 10.8 Å². The van der Waals surface area contributed by atoms with Crippen molar-refractivity contribution in [1.29, 1.82) is 0 Å². The van der Waals surface area contributed by atoms with Crippen LogP contribution in [0.4, 0.5) is 5.82 Å². The van der Waals surface area contributed by atoms with Crippen LogP contribution in [0.5, 0.6) is 0 Å². The molecule has 0 aliphatic heterocycles. The molecule has 0 bridgehead atoms. The van der Waals surface area contributed by atoms with Crippen LogP contribution in [0.1, 0.15) is 5.82 Å². The largest absolute Gasteiger partial charge is 0.369 e. The maximum absolute atomic E-state index is 12.1. The zero-order valence-electron chi connectivity index (χ0n) is 13.3. The summed E-state index contributed by atoms with van der Waals surface area (Å²) in [5, 5.41) is 3.10. The maximum Gasteiger partial charge on any atom is 0.250 e. The smallest absolute Gasteiger partial charge is 0.250 e. The Morgan fingerprint density at radius 2 is 1.96 bits per heavy atom. The number of nitrogens with zero attached hydrogens (tertiary/aromatic N) is 3. The highest BCUT2D eigenvalue weighted by molar-refractivity contribution is 7.91. The van der Waals surface area contributed by atoms with Crippen LogP contribution in [0.2, 0.25) is 4.34 Å². The summed E-state index contributed by atoms with van der Waals surface area (Å²) >= 11 is 6.80. The van der Waals surface area contributed by atoms with E-state index in [1.54, 1.807) is 19.1 Å². The van der Waals surface area contributed by atoms with Crippen molar-refractivity contribution in [3.05, 3.63) is 52.9 Å². The molecule has 10 heteroatoms. The van der Waals surface area contributed by atoms with Gasteiger partial charge in [0.1, 0.15) is 21.7 Å². The van der Waals surface area contributed by atoms with E-state index in [1.807, 2.05) is 29.1 Å². The van der Waals surface area contributed by atoms with Gasteiger partial charge in [-0.3, -0.25) is 0 Å². The molecule has 0 aliphatic carbocycles. The number of sulfonamides is 1. The van der Waals surface area contributed by atoms with Gasteiger partial charge in [-0.2, -0.15) is 0 Å². The van der Waals surface area contributed by atoms with Gasteiger partial charge in [-0.1, -0.05) is 11.6 Å². The first-order valence-electron chi connectivity index (χ1n) is 7.42. The SMILES string of the molecule is Cc1nc(NCCNS(=O)(=O)c2ccc(Cl)s2)cc(-n2cccc2)n1. The van der Waals surface area contributed by atoms with Gasteiger partial charge in [-0.25, -0.2) is 23.1 Å². The summed E-state index contributed by atoms with van der Waals surface area (Å²) in [5.41, 5.74) is 0. The van der Waals surface area contributed by atoms with Gasteiger partial charge in [0.25, 0.3) is 0 Å². The van der Waals surface area contributed by atoms with Crippen molar-refractivity contribution in [2.24, 2.45) is 0 Å². The van der Waals surface area contributed by atoms with Gasteiger partial charge in [0.2, 0.25) is 10.0 Å². The Kier molecular flexibility index (Phi) is 5.38. The molecule has 25 heavy (non-hydrogen) atoms. The van der Waals surface area contributed by atoms with Crippen molar-refractivity contribution in [1.82, 2.24) is 19.3 Å². The Hall–Kier alpha value is -1.94. The average molecular weight is 398 g/mol. The molecule has 3 aromatic heterocycles. The molecule has 0 saturated heterocycles. The van der Waals surface area contributed by atoms with Crippen LogP contribution in [0.3, 0.4) is 0 Å². The molecule has 7 nitrogen and oxygen atoms in total. The normalized spacial score (nSPS) is 11.6. The highest BCUT2D eigenvalue weighted by atomic mass is 35.5. The van der Waals surface area contributed by atoms with Gasteiger partial charge in [0.05, 0.1) is 4.34 Å². The first kappa shape index (κ1) is 17.9. The average Bonchev–Trinajstić information content (AvgIpc) is 3.23. The number of aromatic nitrogens is 3. The lowest BCUT2D eigenvalue weighted by Crippen LogP contribution is -2.28. The maximum atomic E-state index is 12.1. The predicted molar refractivity (Wildman–Crippen MR) is 99.1 cm³/mol. The molecule has 3 aromatic rings. The molecule has 0 aliphatic rings.